The van der Waals surface area contributed by atoms with Crippen LogP contribution in [0.3, 0.4) is 0 Å². The van der Waals surface area contributed by atoms with Gasteiger partial charge in [-0.05, 0) is 56.3 Å². The Labute approximate surface area is 214 Å². The van der Waals surface area contributed by atoms with Gasteiger partial charge in [0.1, 0.15) is 0 Å². The van der Waals surface area contributed by atoms with Gasteiger partial charge in [-0.15, -0.1) is 0 Å². The molecule has 0 amide bonds. The minimum Gasteiger partial charge on any atom is -0.199 e. The maximum Gasteiger partial charge on any atom is 0.460 e. The molecule has 0 N–H and O–H groups in total. The molecule has 0 atom stereocenters. The smallest absolute Gasteiger partial charge is 0.199 e. The Morgan fingerprint density at radius 1 is 0.474 bits per heavy atom. The van der Waals surface area contributed by atoms with Gasteiger partial charge in [-0.1, -0.05) is 58.3 Å². The Morgan fingerprint density at radius 3 is 1.34 bits per heavy atom. The summed E-state index contributed by atoms with van der Waals surface area (Å²) >= 11 is 0. The lowest BCUT2D eigenvalue weighted by molar-refractivity contribution is -0.443. The highest BCUT2D eigenvalue weighted by Gasteiger charge is 2.91. The minimum absolute atomic E-state index is 0.0800. The molecule has 0 bridgehead atoms. The topological polar surface area (TPSA) is 0 Å². The van der Waals surface area contributed by atoms with Gasteiger partial charge in [0.2, 0.25) is 0 Å². The Kier molecular flexibility index (Phi) is 10.4. The minimum atomic E-state index is -7.82. The SMILES string of the molecule is CCCCCCC[C@H]1CC[C@H](C2CCC(C(F)(F)C(F)(F)C(F)(F)C(F)(F)C(F)(F)C(F)(F)F)CC2)CC1. The second-order valence-electron chi connectivity index (χ2n) is 11.0. The van der Waals surface area contributed by atoms with Gasteiger partial charge >= 0.3 is 35.8 Å². The Hall–Kier alpha value is -0.910. The van der Waals surface area contributed by atoms with E-state index in [1.807, 2.05) is 0 Å². The van der Waals surface area contributed by atoms with Gasteiger partial charge in [0, 0.05) is 5.92 Å². The summed E-state index contributed by atoms with van der Waals surface area (Å²) in [6.45, 7) is 2.12. The van der Waals surface area contributed by atoms with Crippen LogP contribution in [-0.4, -0.2) is 35.8 Å². The zero-order valence-corrected chi connectivity index (χ0v) is 21.1. The second kappa shape index (κ2) is 11.9. The van der Waals surface area contributed by atoms with E-state index in [1.165, 1.54) is 12.8 Å². The molecule has 13 heteroatoms. The summed E-state index contributed by atoms with van der Waals surface area (Å²) in [7, 11) is 0. The Balaban J connectivity index is 1.99. The predicted octanol–water partition coefficient (Wildman–Crippen LogP) is 10.7. The highest BCUT2D eigenvalue weighted by molar-refractivity contribution is 5.11. The first-order valence-electron chi connectivity index (χ1n) is 13.2. The summed E-state index contributed by atoms with van der Waals surface area (Å²) in [6.07, 6.45) is 1.19. The zero-order chi connectivity index (χ0) is 29.2. The van der Waals surface area contributed by atoms with Crippen LogP contribution in [0.4, 0.5) is 57.1 Å². The molecule has 2 aliphatic rings. The van der Waals surface area contributed by atoms with E-state index in [4.69, 9.17) is 0 Å². The Bertz CT molecular complexity index is 728. The molecule has 0 nitrogen and oxygen atoms in total. The van der Waals surface area contributed by atoms with Crippen molar-refractivity contribution < 1.29 is 57.1 Å². The van der Waals surface area contributed by atoms with E-state index in [0.717, 1.165) is 51.4 Å². The summed E-state index contributed by atoms with van der Waals surface area (Å²) in [5.41, 5.74) is 0. The van der Waals surface area contributed by atoms with Gasteiger partial charge in [0.15, 0.2) is 0 Å². The molecule has 2 fully saturated rings. The van der Waals surface area contributed by atoms with Gasteiger partial charge < -0.3 is 0 Å². The highest BCUT2D eigenvalue weighted by atomic mass is 19.4. The summed E-state index contributed by atoms with van der Waals surface area (Å²) in [6, 6.07) is 0. The van der Waals surface area contributed by atoms with Crippen molar-refractivity contribution in [2.75, 3.05) is 0 Å². The molecule has 2 aliphatic carbocycles. The molecule has 0 spiro atoms. The predicted molar refractivity (Wildman–Crippen MR) is 115 cm³/mol. The molecule has 0 aromatic carbocycles. The molecule has 0 saturated heterocycles. The van der Waals surface area contributed by atoms with Crippen molar-refractivity contribution in [2.24, 2.45) is 23.7 Å². The molecular weight excluding hydrogens is 547 g/mol. The van der Waals surface area contributed by atoms with Crippen molar-refractivity contribution in [1.29, 1.82) is 0 Å². The number of unbranched alkanes of at least 4 members (excludes halogenated alkanes) is 4. The number of halogens is 13. The van der Waals surface area contributed by atoms with Crippen LogP contribution in [0.25, 0.3) is 0 Å². The van der Waals surface area contributed by atoms with Crippen molar-refractivity contribution >= 4 is 0 Å². The van der Waals surface area contributed by atoms with Crippen molar-refractivity contribution in [3.63, 3.8) is 0 Å². The fourth-order valence-corrected chi connectivity index (χ4v) is 5.98. The van der Waals surface area contributed by atoms with E-state index >= 15 is 0 Å². The van der Waals surface area contributed by atoms with Gasteiger partial charge in [0.05, 0.1) is 0 Å². The van der Waals surface area contributed by atoms with Crippen LogP contribution in [0, 0.1) is 23.7 Å². The number of hydrogen-bond acceptors (Lipinski definition) is 0. The molecule has 0 unspecified atom stereocenters. The number of rotatable bonds is 12. The third-order valence-corrected chi connectivity index (χ3v) is 8.52. The van der Waals surface area contributed by atoms with E-state index in [0.29, 0.717) is 5.92 Å². The summed E-state index contributed by atoms with van der Waals surface area (Å²) in [4.78, 5) is 0. The average molecular weight is 583 g/mol. The van der Waals surface area contributed by atoms with Crippen LogP contribution < -0.4 is 0 Å². The molecule has 38 heavy (non-hydrogen) atoms. The number of alkyl halides is 13. The van der Waals surface area contributed by atoms with Crippen LogP contribution >= 0.6 is 0 Å². The van der Waals surface area contributed by atoms with Crippen LogP contribution in [-0.2, 0) is 0 Å². The quantitative estimate of drug-likeness (QED) is 0.159. The lowest BCUT2D eigenvalue weighted by atomic mass is 9.67. The molecular formula is C25H35F13. The molecule has 0 aromatic rings. The second-order valence-corrected chi connectivity index (χ2v) is 11.0. The van der Waals surface area contributed by atoms with Crippen molar-refractivity contribution in [2.45, 2.75) is 133 Å². The largest absolute Gasteiger partial charge is 0.460 e. The first-order chi connectivity index (χ1) is 17.3. The number of hydrogen-bond donors (Lipinski definition) is 0. The van der Waals surface area contributed by atoms with E-state index in [1.54, 1.807) is 0 Å². The average Bonchev–Trinajstić information content (AvgIpc) is 2.83. The highest BCUT2D eigenvalue weighted by Crippen LogP contribution is 2.62. The van der Waals surface area contributed by atoms with Crippen LogP contribution in [0.5, 0.6) is 0 Å². The van der Waals surface area contributed by atoms with Gasteiger partial charge in [-0.3, -0.25) is 0 Å². The van der Waals surface area contributed by atoms with Gasteiger partial charge in [0.25, 0.3) is 0 Å². The molecule has 0 aromatic heterocycles. The molecule has 226 valence electrons. The first kappa shape index (κ1) is 33.3. The standard InChI is InChI=1S/C25H35F13/c1-2-3-4-5-6-7-16-8-10-17(11-9-16)18-12-14-19(15-13-18)20(26,27)21(28,29)22(30,31)23(32,33)24(34,35)25(36,37)38/h16-19H,2-15H2,1H3/t16-,17-,18?,19?. The van der Waals surface area contributed by atoms with Gasteiger partial charge in [-0.2, -0.15) is 57.1 Å². The normalized spacial score (nSPS) is 27.0. The Morgan fingerprint density at radius 2 is 0.895 bits per heavy atom. The summed E-state index contributed by atoms with van der Waals surface area (Å²) in [5.74, 6) is -38.4. The van der Waals surface area contributed by atoms with E-state index in [9.17, 15) is 57.1 Å². The van der Waals surface area contributed by atoms with Gasteiger partial charge in [-0.25, -0.2) is 0 Å². The maximum absolute atomic E-state index is 14.5. The molecule has 0 aliphatic heterocycles. The van der Waals surface area contributed by atoms with Crippen LogP contribution in [0.2, 0.25) is 0 Å². The molecule has 0 radical (unpaired) electrons. The lowest BCUT2D eigenvalue weighted by Crippen LogP contribution is -2.71. The fraction of sp³-hybridized carbons (Fsp3) is 1.00. The van der Waals surface area contributed by atoms with Crippen LogP contribution in [0.1, 0.15) is 96.8 Å². The van der Waals surface area contributed by atoms with E-state index < -0.39 is 54.5 Å². The zero-order valence-electron chi connectivity index (χ0n) is 21.1. The molecule has 2 rings (SSSR count). The maximum atomic E-state index is 14.5. The first-order valence-corrected chi connectivity index (χ1v) is 13.2. The van der Waals surface area contributed by atoms with E-state index in [2.05, 4.69) is 6.92 Å². The monoisotopic (exact) mass is 582 g/mol. The summed E-state index contributed by atoms with van der Waals surface area (Å²) < 4.78 is 175. The fourth-order valence-electron chi connectivity index (χ4n) is 5.98. The molecule has 0 heterocycles. The third kappa shape index (κ3) is 6.20. The summed E-state index contributed by atoms with van der Waals surface area (Å²) in [5, 5.41) is 0. The molecule has 2 saturated carbocycles. The third-order valence-electron chi connectivity index (χ3n) is 8.52. The van der Waals surface area contributed by atoms with Crippen molar-refractivity contribution in [3.8, 4) is 0 Å². The van der Waals surface area contributed by atoms with E-state index in [-0.39, 0.29) is 24.7 Å². The van der Waals surface area contributed by atoms with Crippen molar-refractivity contribution in [3.05, 3.63) is 0 Å². The van der Waals surface area contributed by atoms with Crippen molar-refractivity contribution in [1.82, 2.24) is 0 Å². The lowest BCUT2D eigenvalue weighted by Gasteiger charge is -2.44. The van der Waals surface area contributed by atoms with Crippen LogP contribution in [0.15, 0.2) is 0 Å².